The summed E-state index contributed by atoms with van der Waals surface area (Å²) in [7, 11) is 3.65. The molecule has 0 saturated heterocycles. The largest absolute Gasteiger partial charge is 1.00 e. The van der Waals surface area contributed by atoms with Crippen LogP contribution in [0.15, 0.2) is 0 Å². The first kappa shape index (κ1) is 16.7. The summed E-state index contributed by atoms with van der Waals surface area (Å²) in [5.74, 6) is 0. The monoisotopic (exact) mass is 154 g/mol. The second-order valence-corrected chi connectivity index (χ2v) is 1.68. The van der Waals surface area contributed by atoms with E-state index in [4.69, 9.17) is 16.2 Å². The molecule has 0 fully saturated rings. The van der Waals surface area contributed by atoms with Crippen LogP contribution in [0.4, 0.5) is 0 Å². The summed E-state index contributed by atoms with van der Waals surface area (Å²) in [4.78, 5) is 3.22. The zero-order chi connectivity index (χ0) is 7.86. The van der Waals surface area contributed by atoms with Crippen LogP contribution < -0.4 is 29.6 Å². The molecule has 0 aliphatic rings. The minimum Gasteiger partial charge on any atom is -0.379 e. The second-order valence-electron chi connectivity index (χ2n) is 1.68. The Morgan fingerprint density at radius 2 is 1.50 bits per heavy atom. The van der Waals surface area contributed by atoms with Gasteiger partial charge in [0.1, 0.15) is 6.23 Å². The fraction of sp³-hybridized carbons (Fsp3) is 1.00. The van der Waals surface area contributed by atoms with E-state index in [1.54, 1.807) is 11.8 Å². The summed E-state index contributed by atoms with van der Waals surface area (Å²) in [6, 6.07) is 0. The van der Waals surface area contributed by atoms with Gasteiger partial charge in [-0.2, -0.15) is 0 Å². The van der Waals surface area contributed by atoms with Crippen LogP contribution in [-0.4, -0.2) is 30.3 Å². The van der Waals surface area contributed by atoms with Crippen molar-refractivity contribution in [1.82, 2.24) is 4.90 Å². The van der Waals surface area contributed by atoms with Crippen molar-refractivity contribution in [3.05, 3.63) is 16.0 Å². The third kappa shape index (κ3) is 24.0. The number of aliphatic hydroxyl groups excluding tert-OH is 1. The molecule has 0 aromatic heterocycles. The van der Waals surface area contributed by atoms with Crippen molar-refractivity contribution in [2.24, 2.45) is 0 Å². The van der Waals surface area contributed by atoms with Crippen LogP contribution >= 0.6 is 0 Å². The van der Waals surface area contributed by atoms with Gasteiger partial charge in [0.05, 0.1) is 0 Å². The molecule has 0 rings (SSSR count). The topological polar surface area (TPSA) is 82.2 Å². The molecule has 54 valence electrons. The Balaban J connectivity index is -0.000000107. The Morgan fingerprint density at radius 3 is 1.50 bits per heavy atom. The molecule has 0 aromatic rings. The number of hydrogen-bond donors (Lipinski definition) is 1. The van der Waals surface area contributed by atoms with E-state index in [-0.39, 0.29) is 35.8 Å². The van der Waals surface area contributed by atoms with Gasteiger partial charge in [0.15, 0.2) is 0 Å². The SMILES string of the molecule is CC(O)N(C)C.[N-]=[N+]=[N-].[Na+]. The standard InChI is InChI=1S/C4H11NO.N3.Na/c1-4(6)5(2)3;1-3-2;/h4,6H,1-3H3;;/q;-1;+1. The molecule has 1 N–H and O–H groups in total. The van der Waals surface area contributed by atoms with Crippen molar-refractivity contribution in [2.75, 3.05) is 14.1 Å². The average Bonchev–Trinajstić information content (AvgIpc) is 1.68. The van der Waals surface area contributed by atoms with Crippen molar-refractivity contribution in [3.63, 3.8) is 0 Å². The van der Waals surface area contributed by atoms with Crippen LogP contribution in [0.2, 0.25) is 0 Å². The number of aliphatic hydroxyl groups is 1. The molecule has 0 saturated carbocycles. The van der Waals surface area contributed by atoms with E-state index >= 15 is 0 Å². The fourth-order valence-corrected chi connectivity index (χ4v) is 0. The van der Waals surface area contributed by atoms with E-state index in [0.717, 1.165) is 0 Å². The number of rotatable bonds is 1. The van der Waals surface area contributed by atoms with Crippen LogP contribution in [0, 0.1) is 0 Å². The summed E-state index contributed by atoms with van der Waals surface area (Å²) in [5, 5.41) is 8.56. The Kier molecular flexibility index (Phi) is 19.9. The Morgan fingerprint density at radius 1 is 1.40 bits per heavy atom. The van der Waals surface area contributed by atoms with Crippen molar-refractivity contribution in [3.8, 4) is 0 Å². The zero-order valence-electron chi connectivity index (χ0n) is 6.81. The molecule has 1 unspecified atom stereocenters. The third-order valence-electron chi connectivity index (χ3n) is 0.747. The molecule has 0 aliphatic carbocycles. The van der Waals surface area contributed by atoms with E-state index in [1.165, 1.54) is 4.91 Å². The van der Waals surface area contributed by atoms with Crippen LogP contribution in [0.25, 0.3) is 16.0 Å². The summed E-state index contributed by atoms with van der Waals surface area (Å²) in [5.41, 5.74) is 13.5. The van der Waals surface area contributed by atoms with E-state index in [9.17, 15) is 0 Å². The molecule has 0 amide bonds. The molecule has 0 aromatic carbocycles. The smallest absolute Gasteiger partial charge is 0.379 e. The van der Waals surface area contributed by atoms with Crippen molar-refractivity contribution >= 4 is 0 Å². The maximum atomic E-state index is 8.56. The van der Waals surface area contributed by atoms with Gasteiger partial charge in [0.25, 0.3) is 0 Å². The van der Waals surface area contributed by atoms with E-state index in [0.29, 0.717) is 0 Å². The van der Waals surface area contributed by atoms with Gasteiger partial charge in [-0.15, -0.1) is 0 Å². The van der Waals surface area contributed by atoms with Crippen LogP contribution in [0.1, 0.15) is 6.92 Å². The number of hydrogen-bond acceptors (Lipinski definition) is 2. The maximum absolute atomic E-state index is 8.56. The summed E-state index contributed by atoms with van der Waals surface area (Å²) in [6.07, 6.45) is -0.315. The van der Waals surface area contributed by atoms with Crippen molar-refractivity contribution in [1.29, 1.82) is 0 Å². The predicted octanol–water partition coefficient (Wildman–Crippen LogP) is -2.24. The zero-order valence-corrected chi connectivity index (χ0v) is 8.81. The van der Waals surface area contributed by atoms with Gasteiger partial charge >= 0.3 is 29.6 Å². The first-order valence-electron chi connectivity index (χ1n) is 2.39. The molecule has 0 aliphatic heterocycles. The van der Waals surface area contributed by atoms with E-state index < -0.39 is 0 Å². The Labute approximate surface area is 82.7 Å². The van der Waals surface area contributed by atoms with E-state index in [1.807, 2.05) is 14.1 Å². The average molecular weight is 154 g/mol. The van der Waals surface area contributed by atoms with Crippen molar-refractivity contribution < 1.29 is 34.7 Å². The summed E-state index contributed by atoms with van der Waals surface area (Å²) >= 11 is 0. The van der Waals surface area contributed by atoms with Gasteiger partial charge < -0.3 is 16.2 Å². The van der Waals surface area contributed by atoms with Crippen LogP contribution in [-0.2, 0) is 0 Å². The Hall–Kier alpha value is 0.230. The fourth-order valence-electron chi connectivity index (χ4n) is 0. The number of nitrogens with zero attached hydrogens (tertiary/aromatic N) is 4. The molecule has 6 heteroatoms. The normalized spacial score (nSPS) is 10.1. The molecule has 0 radical (unpaired) electrons. The summed E-state index contributed by atoms with van der Waals surface area (Å²) < 4.78 is 0. The van der Waals surface area contributed by atoms with Crippen LogP contribution in [0.3, 0.4) is 0 Å². The molecule has 0 spiro atoms. The van der Waals surface area contributed by atoms with Gasteiger partial charge in [-0.1, -0.05) is 0 Å². The first-order chi connectivity index (χ1) is 4.06. The molecule has 0 heterocycles. The Bertz CT molecular complexity index is 83.3. The van der Waals surface area contributed by atoms with Crippen molar-refractivity contribution in [2.45, 2.75) is 13.2 Å². The molecule has 0 bridgehead atoms. The van der Waals surface area contributed by atoms with Gasteiger partial charge in [0.2, 0.25) is 0 Å². The van der Waals surface area contributed by atoms with Gasteiger partial charge in [-0.25, -0.2) is 0 Å². The summed E-state index contributed by atoms with van der Waals surface area (Å²) in [6.45, 7) is 1.72. The minimum absolute atomic E-state index is 0. The molecule has 1 atom stereocenters. The molecular formula is C4H11N4NaO. The predicted molar refractivity (Wildman–Crippen MR) is 35.4 cm³/mol. The maximum Gasteiger partial charge on any atom is 1.00 e. The van der Waals surface area contributed by atoms with Gasteiger partial charge in [-0.3, -0.25) is 9.81 Å². The molecular weight excluding hydrogens is 143 g/mol. The second kappa shape index (κ2) is 12.0. The van der Waals surface area contributed by atoms with Crippen LogP contribution in [0.5, 0.6) is 0 Å². The minimum atomic E-state index is -0.315. The van der Waals surface area contributed by atoms with E-state index in [2.05, 4.69) is 0 Å². The van der Waals surface area contributed by atoms with Gasteiger partial charge in [-0.05, 0) is 21.0 Å². The molecule has 10 heavy (non-hydrogen) atoms. The third-order valence-corrected chi connectivity index (χ3v) is 0.747. The molecule has 5 nitrogen and oxygen atoms in total. The van der Waals surface area contributed by atoms with Gasteiger partial charge in [0, 0.05) is 0 Å². The first-order valence-corrected chi connectivity index (χ1v) is 2.39. The quantitative estimate of drug-likeness (QED) is 0.152.